The van der Waals surface area contributed by atoms with Crippen LogP contribution in [0.2, 0.25) is 0 Å². The molecule has 154 valence electrons. The molecule has 1 aromatic heterocycles. The minimum absolute atomic E-state index is 0.0348. The van der Waals surface area contributed by atoms with Crippen LogP contribution >= 0.6 is 0 Å². The number of Topliss-reactive ketones (excluding diaryl/α,β-unsaturated/α-hetero) is 1. The molecular weight excluding hydrogens is 385 g/mol. The topological polar surface area (TPSA) is 68.3 Å². The molecule has 1 atom stereocenters. The summed E-state index contributed by atoms with van der Waals surface area (Å²) in [5.41, 5.74) is 1.63. The van der Waals surface area contributed by atoms with Crippen molar-refractivity contribution < 1.29 is 27.5 Å². The van der Waals surface area contributed by atoms with Gasteiger partial charge in [0.05, 0.1) is 6.04 Å². The second-order valence-electron chi connectivity index (χ2n) is 7.12. The molecule has 0 saturated heterocycles. The van der Waals surface area contributed by atoms with Crippen LogP contribution in [0.25, 0.3) is 0 Å². The molecule has 1 aliphatic rings. The van der Waals surface area contributed by atoms with Crippen LogP contribution in [-0.2, 0) is 11.2 Å². The number of ether oxygens (including phenoxy) is 1. The zero-order valence-electron chi connectivity index (χ0n) is 15.8. The van der Waals surface area contributed by atoms with Crippen molar-refractivity contribution in [3.8, 4) is 5.75 Å². The molecule has 1 aromatic carbocycles. The van der Waals surface area contributed by atoms with Crippen LogP contribution in [-0.4, -0.2) is 29.5 Å². The van der Waals surface area contributed by atoms with E-state index < -0.39 is 18.7 Å². The summed E-state index contributed by atoms with van der Waals surface area (Å²) in [6.07, 6.45) is -0.697. The zero-order valence-corrected chi connectivity index (χ0v) is 15.8. The highest BCUT2D eigenvalue weighted by Gasteiger charge is 2.30. The van der Waals surface area contributed by atoms with Crippen LogP contribution in [0, 0.1) is 5.92 Å². The molecule has 0 aliphatic heterocycles. The maximum Gasteiger partial charge on any atom is 0.422 e. The molecule has 5 nitrogen and oxygen atoms in total. The van der Waals surface area contributed by atoms with Crippen molar-refractivity contribution in [3.63, 3.8) is 0 Å². The van der Waals surface area contributed by atoms with Gasteiger partial charge in [-0.2, -0.15) is 13.2 Å². The van der Waals surface area contributed by atoms with E-state index in [0.717, 1.165) is 18.4 Å². The number of pyridine rings is 1. The fourth-order valence-corrected chi connectivity index (χ4v) is 2.85. The number of hydrogen-bond acceptors (Lipinski definition) is 4. The molecule has 0 spiro atoms. The van der Waals surface area contributed by atoms with Crippen LogP contribution < -0.4 is 10.1 Å². The summed E-state index contributed by atoms with van der Waals surface area (Å²) >= 11 is 0. The third kappa shape index (κ3) is 6.30. The Hall–Kier alpha value is -2.90. The molecule has 29 heavy (non-hydrogen) atoms. The predicted octanol–water partition coefficient (Wildman–Crippen LogP) is 4.04. The molecule has 1 saturated carbocycles. The van der Waals surface area contributed by atoms with Gasteiger partial charge in [0, 0.05) is 29.8 Å². The predicted molar refractivity (Wildman–Crippen MR) is 99.5 cm³/mol. The minimum Gasteiger partial charge on any atom is -0.484 e. The largest absolute Gasteiger partial charge is 0.484 e. The van der Waals surface area contributed by atoms with E-state index >= 15 is 0 Å². The summed E-state index contributed by atoms with van der Waals surface area (Å²) in [4.78, 5) is 28.7. The van der Waals surface area contributed by atoms with Crippen molar-refractivity contribution in [2.45, 2.75) is 38.4 Å². The molecule has 0 bridgehead atoms. The Labute approximate surface area is 166 Å². The first-order valence-electron chi connectivity index (χ1n) is 9.29. The molecule has 1 amide bonds. The average Bonchev–Trinajstić information content (AvgIpc) is 3.51. The molecule has 1 aliphatic carbocycles. The Balaban J connectivity index is 1.62. The summed E-state index contributed by atoms with van der Waals surface area (Å²) in [5.74, 6) is -0.138. The molecule has 2 aromatic rings. The Bertz CT molecular complexity index is 895. The third-order valence-corrected chi connectivity index (χ3v) is 4.57. The number of alkyl halides is 3. The lowest BCUT2D eigenvalue weighted by Gasteiger charge is -2.16. The molecular formula is C21H21F3N2O3. The van der Waals surface area contributed by atoms with E-state index in [1.807, 2.05) is 0 Å². The van der Waals surface area contributed by atoms with Crippen molar-refractivity contribution in [1.82, 2.24) is 10.3 Å². The van der Waals surface area contributed by atoms with Crippen molar-refractivity contribution in [3.05, 3.63) is 59.4 Å². The zero-order chi connectivity index (χ0) is 21.0. The maximum atomic E-state index is 12.5. The lowest BCUT2D eigenvalue weighted by molar-refractivity contribution is -0.153. The Kier molecular flexibility index (Phi) is 6.20. The number of ketones is 1. The number of carbonyl (C=O) groups is 2. The lowest BCUT2D eigenvalue weighted by Crippen LogP contribution is -2.27. The summed E-state index contributed by atoms with van der Waals surface area (Å²) in [7, 11) is 0. The highest BCUT2D eigenvalue weighted by atomic mass is 19.4. The number of benzene rings is 1. The van der Waals surface area contributed by atoms with Crippen LogP contribution in [0.1, 0.15) is 47.4 Å². The van der Waals surface area contributed by atoms with Crippen molar-refractivity contribution in [2.24, 2.45) is 5.92 Å². The molecule has 3 rings (SSSR count). The van der Waals surface area contributed by atoms with Crippen LogP contribution in [0.5, 0.6) is 5.75 Å². The van der Waals surface area contributed by atoms with Gasteiger partial charge in [0.1, 0.15) is 11.5 Å². The second kappa shape index (κ2) is 8.63. The monoisotopic (exact) mass is 406 g/mol. The van der Waals surface area contributed by atoms with Gasteiger partial charge in [-0.1, -0.05) is 6.07 Å². The summed E-state index contributed by atoms with van der Waals surface area (Å²) < 4.78 is 41.5. The van der Waals surface area contributed by atoms with Crippen molar-refractivity contribution in [2.75, 3.05) is 6.61 Å². The minimum atomic E-state index is -4.45. The normalized spacial score (nSPS) is 14.9. The number of halogens is 3. The van der Waals surface area contributed by atoms with Gasteiger partial charge in [-0.15, -0.1) is 0 Å². The third-order valence-electron chi connectivity index (χ3n) is 4.57. The van der Waals surface area contributed by atoms with Gasteiger partial charge in [-0.25, -0.2) is 0 Å². The smallest absolute Gasteiger partial charge is 0.422 e. The number of nitrogens with zero attached hydrogens (tertiary/aromatic N) is 1. The Morgan fingerprint density at radius 3 is 2.69 bits per heavy atom. The van der Waals surface area contributed by atoms with Gasteiger partial charge in [0.15, 0.2) is 6.61 Å². The molecule has 1 N–H and O–H groups in total. The first-order valence-corrected chi connectivity index (χ1v) is 9.29. The fourth-order valence-electron chi connectivity index (χ4n) is 2.85. The number of carbonyl (C=O) groups excluding carboxylic acids is 2. The van der Waals surface area contributed by atoms with E-state index in [1.165, 1.54) is 24.3 Å². The van der Waals surface area contributed by atoms with E-state index in [4.69, 9.17) is 0 Å². The lowest BCUT2D eigenvalue weighted by atomic mass is 10.0. The fraction of sp³-hybridized carbons (Fsp3) is 0.381. The van der Waals surface area contributed by atoms with Gasteiger partial charge in [0.2, 0.25) is 0 Å². The Morgan fingerprint density at radius 1 is 1.24 bits per heavy atom. The van der Waals surface area contributed by atoms with Crippen LogP contribution in [0.4, 0.5) is 13.2 Å². The first kappa shape index (κ1) is 20.8. The van der Waals surface area contributed by atoms with E-state index in [9.17, 15) is 22.8 Å². The van der Waals surface area contributed by atoms with E-state index in [-0.39, 0.29) is 35.5 Å². The van der Waals surface area contributed by atoms with E-state index in [0.29, 0.717) is 5.69 Å². The Morgan fingerprint density at radius 2 is 2.00 bits per heavy atom. The molecule has 0 radical (unpaired) electrons. The van der Waals surface area contributed by atoms with Crippen molar-refractivity contribution >= 4 is 11.7 Å². The van der Waals surface area contributed by atoms with E-state index in [2.05, 4.69) is 15.0 Å². The number of nitrogens with one attached hydrogen (secondary N) is 1. The van der Waals surface area contributed by atoms with E-state index in [1.54, 1.807) is 25.3 Å². The highest BCUT2D eigenvalue weighted by Crippen LogP contribution is 2.31. The second-order valence-corrected chi connectivity index (χ2v) is 7.12. The van der Waals surface area contributed by atoms with Crippen LogP contribution in [0.15, 0.2) is 42.6 Å². The maximum absolute atomic E-state index is 12.5. The van der Waals surface area contributed by atoms with Gasteiger partial charge in [-0.05, 0) is 55.7 Å². The molecule has 1 unspecified atom stereocenters. The SMILES string of the molecule is CC(NC(=O)c1cccc(OCC(F)(F)F)c1)c1ccnc(CC(=O)C2CC2)c1. The number of rotatable bonds is 8. The van der Waals surface area contributed by atoms with Crippen molar-refractivity contribution in [1.29, 1.82) is 0 Å². The molecule has 1 fully saturated rings. The van der Waals surface area contributed by atoms with Gasteiger partial charge in [0.25, 0.3) is 5.91 Å². The molecule has 8 heteroatoms. The average molecular weight is 406 g/mol. The first-order chi connectivity index (χ1) is 13.7. The van der Waals surface area contributed by atoms with Gasteiger partial charge >= 0.3 is 6.18 Å². The standard InChI is InChI=1S/C21H21F3N2O3/c1-13(15-7-8-25-17(9-15)11-19(27)14-5-6-14)26-20(28)16-3-2-4-18(10-16)29-12-21(22,23)24/h2-4,7-10,13-14H,5-6,11-12H2,1H3,(H,26,28). The molecule has 1 heterocycles. The summed E-state index contributed by atoms with van der Waals surface area (Å²) in [5, 5.41) is 2.80. The van der Waals surface area contributed by atoms with Gasteiger partial charge in [-0.3, -0.25) is 14.6 Å². The quantitative estimate of drug-likeness (QED) is 0.719. The highest BCUT2D eigenvalue weighted by molar-refractivity contribution is 5.94. The summed E-state index contributed by atoms with van der Waals surface area (Å²) in [6.45, 7) is 0.359. The number of aromatic nitrogens is 1. The number of hydrogen-bond donors (Lipinski definition) is 1. The summed E-state index contributed by atoms with van der Waals surface area (Å²) in [6, 6.07) is 8.74. The van der Waals surface area contributed by atoms with Gasteiger partial charge < -0.3 is 10.1 Å². The van der Waals surface area contributed by atoms with Crippen LogP contribution in [0.3, 0.4) is 0 Å². The number of amides is 1.